The molecule has 7 nitrogen and oxygen atoms in total. The summed E-state index contributed by atoms with van der Waals surface area (Å²) in [6.07, 6.45) is 0. The number of ether oxygens (including phenoxy) is 3. The third-order valence-corrected chi connectivity index (χ3v) is 5.42. The van der Waals surface area contributed by atoms with Crippen LogP contribution >= 0.6 is 0 Å². The molecule has 1 N–H and O–H groups in total. The van der Waals surface area contributed by atoms with Crippen LogP contribution in [0.4, 0.5) is 4.39 Å². The van der Waals surface area contributed by atoms with E-state index in [-0.39, 0.29) is 17.8 Å². The highest BCUT2D eigenvalue weighted by molar-refractivity contribution is 5.78. The van der Waals surface area contributed by atoms with Crippen LogP contribution in [-0.2, 0) is 11.3 Å². The summed E-state index contributed by atoms with van der Waals surface area (Å²) < 4.78 is 30.3. The number of nitrogens with one attached hydrogen (secondary N) is 1. The average molecular weight is 474 g/mol. The zero-order chi connectivity index (χ0) is 24.3. The van der Waals surface area contributed by atoms with Crippen molar-refractivity contribution >= 4 is 5.91 Å². The van der Waals surface area contributed by atoms with Gasteiger partial charge < -0.3 is 19.5 Å². The molecule has 1 saturated heterocycles. The predicted octanol–water partition coefficient (Wildman–Crippen LogP) is 3.32. The molecule has 0 bridgehead atoms. The first-order valence-electron chi connectivity index (χ1n) is 11.9. The molecule has 3 rings (SSSR count). The topological polar surface area (TPSA) is 63.3 Å². The number of rotatable bonds is 12. The number of piperazine rings is 1. The Balaban J connectivity index is 1.46. The molecule has 2 aromatic carbocycles. The maximum atomic E-state index is 13.0. The molecule has 1 fully saturated rings. The van der Waals surface area contributed by atoms with E-state index in [2.05, 4.69) is 21.2 Å². The van der Waals surface area contributed by atoms with E-state index in [1.54, 1.807) is 12.1 Å². The maximum absolute atomic E-state index is 13.0. The Morgan fingerprint density at radius 1 is 0.941 bits per heavy atom. The molecule has 1 aliphatic heterocycles. The summed E-state index contributed by atoms with van der Waals surface area (Å²) in [5.41, 5.74) is 1.16. The lowest BCUT2D eigenvalue weighted by Gasteiger charge is -2.34. The van der Waals surface area contributed by atoms with Crippen molar-refractivity contribution in [2.75, 3.05) is 52.5 Å². The minimum atomic E-state index is -0.291. The van der Waals surface area contributed by atoms with Gasteiger partial charge in [-0.2, -0.15) is 0 Å². The number of halogens is 1. The van der Waals surface area contributed by atoms with Gasteiger partial charge in [0, 0.05) is 38.8 Å². The zero-order valence-electron chi connectivity index (χ0n) is 20.4. The molecular weight excluding hydrogens is 437 g/mol. The second kappa shape index (κ2) is 13.2. The molecule has 1 heterocycles. The first kappa shape index (κ1) is 25.8. The summed E-state index contributed by atoms with van der Waals surface area (Å²) in [5.74, 6) is 1.79. The van der Waals surface area contributed by atoms with Crippen molar-refractivity contribution in [2.45, 2.75) is 33.4 Å². The molecule has 8 heteroatoms. The molecule has 0 spiro atoms. The fraction of sp³-hybridized carbons (Fsp3) is 0.500. The fourth-order valence-electron chi connectivity index (χ4n) is 3.81. The van der Waals surface area contributed by atoms with Crippen LogP contribution < -0.4 is 19.5 Å². The minimum absolute atomic E-state index is 0.0865. The smallest absolute Gasteiger partial charge is 0.234 e. The van der Waals surface area contributed by atoms with E-state index >= 15 is 0 Å². The number of benzene rings is 2. The molecule has 0 radical (unpaired) electrons. The van der Waals surface area contributed by atoms with Crippen LogP contribution in [0.15, 0.2) is 42.5 Å². The highest BCUT2D eigenvalue weighted by Crippen LogP contribution is 2.29. The van der Waals surface area contributed by atoms with Crippen molar-refractivity contribution in [3.8, 4) is 17.2 Å². The summed E-state index contributed by atoms with van der Waals surface area (Å²) in [4.78, 5) is 16.6. The normalized spacial score (nSPS) is 14.7. The molecule has 1 aliphatic rings. The average Bonchev–Trinajstić information content (AvgIpc) is 2.80. The number of nitrogens with zero attached hydrogens (tertiary/aromatic N) is 2. The lowest BCUT2D eigenvalue weighted by Crippen LogP contribution is -2.49. The molecule has 1 amide bonds. The third kappa shape index (κ3) is 8.50. The van der Waals surface area contributed by atoms with Crippen molar-refractivity contribution in [2.24, 2.45) is 0 Å². The molecule has 0 unspecified atom stereocenters. The summed E-state index contributed by atoms with van der Waals surface area (Å²) in [7, 11) is 0. The van der Waals surface area contributed by atoms with Gasteiger partial charge in [-0.25, -0.2) is 4.39 Å². The first-order chi connectivity index (χ1) is 16.4. The number of amides is 1. The third-order valence-electron chi connectivity index (χ3n) is 5.42. The van der Waals surface area contributed by atoms with Crippen molar-refractivity contribution in [3.05, 3.63) is 53.8 Å². The molecule has 0 aliphatic carbocycles. The maximum Gasteiger partial charge on any atom is 0.234 e. The second-order valence-electron chi connectivity index (χ2n) is 8.64. The van der Waals surface area contributed by atoms with Gasteiger partial charge in [-0.3, -0.25) is 14.6 Å². The van der Waals surface area contributed by atoms with Gasteiger partial charge in [-0.1, -0.05) is 6.07 Å². The SMILES string of the molecule is CCOc1cc(CN2CCN(CC(=O)NC(C)C)CC2)ccc1OCCOc1ccc(F)cc1. The lowest BCUT2D eigenvalue weighted by atomic mass is 10.1. The molecule has 0 saturated carbocycles. The molecule has 186 valence electrons. The summed E-state index contributed by atoms with van der Waals surface area (Å²) in [6, 6.07) is 12.1. The summed E-state index contributed by atoms with van der Waals surface area (Å²) in [6.45, 7) is 12.0. The van der Waals surface area contributed by atoms with Crippen LogP contribution in [0.2, 0.25) is 0 Å². The predicted molar refractivity (Wildman–Crippen MR) is 130 cm³/mol. The van der Waals surface area contributed by atoms with E-state index in [0.29, 0.717) is 43.6 Å². The monoisotopic (exact) mass is 473 g/mol. The Bertz CT molecular complexity index is 899. The van der Waals surface area contributed by atoms with Crippen LogP contribution in [0, 0.1) is 5.82 Å². The van der Waals surface area contributed by atoms with Gasteiger partial charge in [0.15, 0.2) is 11.5 Å². The van der Waals surface area contributed by atoms with Gasteiger partial charge in [0.1, 0.15) is 24.8 Å². The molecule has 0 atom stereocenters. The van der Waals surface area contributed by atoms with E-state index in [4.69, 9.17) is 14.2 Å². The second-order valence-corrected chi connectivity index (χ2v) is 8.64. The zero-order valence-corrected chi connectivity index (χ0v) is 20.4. The Morgan fingerprint density at radius 3 is 2.29 bits per heavy atom. The Labute approximate surface area is 201 Å². The lowest BCUT2D eigenvalue weighted by molar-refractivity contribution is -0.123. The van der Waals surface area contributed by atoms with Crippen LogP contribution in [0.1, 0.15) is 26.3 Å². The van der Waals surface area contributed by atoms with Gasteiger partial charge >= 0.3 is 0 Å². The van der Waals surface area contributed by atoms with Crippen molar-refractivity contribution in [1.29, 1.82) is 0 Å². The quantitative estimate of drug-likeness (QED) is 0.477. The van der Waals surface area contributed by atoms with Crippen LogP contribution in [-0.4, -0.2) is 74.3 Å². The molecule has 34 heavy (non-hydrogen) atoms. The van der Waals surface area contributed by atoms with Gasteiger partial charge in [0.25, 0.3) is 0 Å². The number of hydrogen-bond acceptors (Lipinski definition) is 6. The standard InChI is InChI=1S/C26H36FN3O4/c1-4-32-25-17-21(18-29-11-13-30(14-12-29)19-26(31)28-20(2)3)5-10-24(25)34-16-15-33-23-8-6-22(27)7-9-23/h5-10,17,20H,4,11-16,18-19H2,1-3H3,(H,28,31). The van der Waals surface area contributed by atoms with Crippen molar-refractivity contribution in [1.82, 2.24) is 15.1 Å². The first-order valence-corrected chi connectivity index (χ1v) is 11.9. The minimum Gasteiger partial charge on any atom is -0.490 e. The van der Waals surface area contributed by atoms with E-state index in [1.165, 1.54) is 12.1 Å². The molecule has 2 aromatic rings. The largest absolute Gasteiger partial charge is 0.490 e. The van der Waals surface area contributed by atoms with E-state index in [0.717, 1.165) is 38.3 Å². The van der Waals surface area contributed by atoms with Gasteiger partial charge in [-0.15, -0.1) is 0 Å². The van der Waals surface area contributed by atoms with Gasteiger partial charge in [-0.05, 0) is 62.7 Å². The van der Waals surface area contributed by atoms with Gasteiger partial charge in [0.2, 0.25) is 5.91 Å². The highest BCUT2D eigenvalue weighted by Gasteiger charge is 2.20. The Hall–Kier alpha value is -2.84. The Morgan fingerprint density at radius 2 is 1.62 bits per heavy atom. The van der Waals surface area contributed by atoms with E-state index in [1.807, 2.05) is 32.9 Å². The van der Waals surface area contributed by atoms with Gasteiger partial charge in [0.05, 0.1) is 13.2 Å². The van der Waals surface area contributed by atoms with Crippen LogP contribution in [0.3, 0.4) is 0 Å². The summed E-state index contributed by atoms with van der Waals surface area (Å²) >= 11 is 0. The highest BCUT2D eigenvalue weighted by atomic mass is 19.1. The molecular formula is C26H36FN3O4. The number of carbonyl (C=O) groups is 1. The van der Waals surface area contributed by atoms with Crippen LogP contribution in [0.5, 0.6) is 17.2 Å². The number of hydrogen-bond donors (Lipinski definition) is 1. The van der Waals surface area contributed by atoms with Crippen LogP contribution in [0.25, 0.3) is 0 Å². The van der Waals surface area contributed by atoms with E-state index < -0.39 is 0 Å². The fourth-order valence-corrected chi connectivity index (χ4v) is 3.81. The molecule has 0 aromatic heterocycles. The number of carbonyl (C=O) groups excluding carboxylic acids is 1. The van der Waals surface area contributed by atoms with Crippen molar-refractivity contribution in [3.63, 3.8) is 0 Å². The summed E-state index contributed by atoms with van der Waals surface area (Å²) in [5, 5.41) is 2.95. The Kier molecular flexibility index (Phi) is 9.97. The van der Waals surface area contributed by atoms with Crippen molar-refractivity contribution < 1.29 is 23.4 Å². The van der Waals surface area contributed by atoms with E-state index in [9.17, 15) is 9.18 Å².